The number of piperidine rings is 1. The van der Waals surface area contributed by atoms with Crippen molar-refractivity contribution >= 4 is 27.4 Å². The van der Waals surface area contributed by atoms with Crippen LogP contribution in [0.5, 0.6) is 5.75 Å². The van der Waals surface area contributed by atoms with Crippen LogP contribution in [0.4, 0.5) is 5.69 Å². The van der Waals surface area contributed by atoms with Gasteiger partial charge in [-0.25, -0.2) is 8.42 Å². The second-order valence-corrected chi connectivity index (χ2v) is 9.99. The molecule has 1 aliphatic rings. The Kier molecular flexibility index (Phi) is 7.09. The first-order valence-corrected chi connectivity index (χ1v) is 12.5. The summed E-state index contributed by atoms with van der Waals surface area (Å²) in [6.07, 6.45) is 2.69. The number of nitrogens with zero attached hydrogens (tertiary/aromatic N) is 1. The van der Waals surface area contributed by atoms with Crippen molar-refractivity contribution in [1.29, 1.82) is 0 Å². The molecule has 0 radical (unpaired) electrons. The molecule has 0 spiro atoms. The number of ether oxygens (including phenoxy) is 1. The fraction of sp³-hybridized carbons (Fsp3) is 0.231. The second kappa shape index (κ2) is 10.2. The number of hydrogen-bond donors (Lipinski definition) is 1. The minimum atomic E-state index is -3.66. The van der Waals surface area contributed by atoms with Crippen LogP contribution < -0.4 is 10.1 Å². The highest BCUT2D eigenvalue weighted by atomic mass is 32.2. The normalized spacial score (nSPS) is 14.4. The van der Waals surface area contributed by atoms with E-state index in [0.717, 1.165) is 19.3 Å². The number of sulfonamides is 1. The van der Waals surface area contributed by atoms with Crippen molar-refractivity contribution in [2.45, 2.75) is 24.2 Å². The Labute approximate surface area is 199 Å². The van der Waals surface area contributed by atoms with E-state index in [1.807, 2.05) is 6.07 Å². The third-order valence-electron chi connectivity index (χ3n) is 5.82. The molecule has 176 valence electrons. The van der Waals surface area contributed by atoms with Crippen molar-refractivity contribution in [1.82, 2.24) is 4.31 Å². The maximum atomic E-state index is 13.1. The van der Waals surface area contributed by atoms with Gasteiger partial charge < -0.3 is 10.1 Å². The van der Waals surface area contributed by atoms with Crippen LogP contribution in [0.3, 0.4) is 0 Å². The molecule has 0 saturated carbocycles. The van der Waals surface area contributed by atoms with Crippen LogP contribution in [0, 0.1) is 0 Å². The third kappa shape index (κ3) is 5.03. The molecular weight excluding hydrogens is 452 g/mol. The Morgan fingerprint density at radius 2 is 1.44 bits per heavy atom. The molecule has 34 heavy (non-hydrogen) atoms. The Morgan fingerprint density at radius 1 is 0.824 bits per heavy atom. The SMILES string of the molecule is COc1ccc(S(=O)(=O)N2CCCCC2)cc1NC(=O)c1ccc(C(=O)c2ccccc2)cc1. The molecule has 1 amide bonds. The second-order valence-electron chi connectivity index (χ2n) is 8.05. The highest BCUT2D eigenvalue weighted by molar-refractivity contribution is 7.89. The molecule has 7 nitrogen and oxygen atoms in total. The molecule has 0 unspecified atom stereocenters. The molecule has 3 aromatic carbocycles. The molecule has 0 bridgehead atoms. The Balaban J connectivity index is 1.54. The van der Waals surface area contributed by atoms with Crippen LogP contribution in [-0.2, 0) is 10.0 Å². The molecule has 0 atom stereocenters. The number of benzene rings is 3. The van der Waals surface area contributed by atoms with Gasteiger partial charge in [-0.05, 0) is 43.2 Å². The van der Waals surface area contributed by atoms with E-state index in [1.54, 1.807) is 48.5 Å². The van der Waals surface area contributed by atoms with Crippen LogP contribution in [0.25, 0.3) is 0 Å². The lowest BCUT2D eigenvalue weighted by Crippen LogP contribution is -2.35. The quantitative estimate of drug-likeness (QED) is 0.510. The van der Waals surface area contributed by atoms with E-state index >= 15 is 0 Å². The van der Waals surface area contributed by atoms with E-state index in [1.165, 1.54) is 29.6 Å². The predicted octanol–water partition coefficient (Wildman–Crippen LogP) is 4.35. The number of anilines is 1. The summed E-state index contributed by atoms with van der Waals surface area (Å²) in [6, 6.07) is 19.7. The largest absolute Gasteiger partial charge is 0.495 e. The van der Waals surface area contributed by atoms with Crippen molar-refractivity contribution < 1.29 is 22.7 Å². The minimum absolute atomic E-state index is 0.106. The average molecular weight is 479 g/mol. The molecule has 0 aromatic heterocycles. The van der Waals surface area contributed by atoms with E-state index in [0.29, 0.717) is 35.5 Å². The monoisotopic (exact) mass is 478 g/mol. The van der Waals surface area contributed by atoms with E-state index in [9.17, 15) is 18.0 Å². The van der Waals surface area contributed by atoms with Gasteiger partial charge in [-0.3, -0.25) is 9.59 Å². The third-order valence-corrected chi connectivity index (χ3v) is 7.71. The van der Waals surface area contributed by atoms with Crippen LogP contribution in [0.15, 0.2) is 77.7 Å². The average Bonchev–Trinajstić information content (AvgIpc) is 2.89. The lowest BCUT2D eigenvalue weighted by atomic mass is 10.0. The number of hydrogen-bond acceptors (Lipinski definition) is 5. The van der Waals surface area contributed by atoms with Crippen molar-refractivity contribution in [3.63, 3.8) is 0 Å². The maximum absolute atomic E-state index is 13.1. The fourth-order valence-corrected chi connectivity index (χ4v) is 5.47. The summed E-state index contributed by atoms with van der Waals surface area (Å²) in [7, 11) is -2.21. The van der Waals surface area contributed by atoms with Crippen LogP contribution in [0.2, 0.25) is 0 Å². The number of carbonyl (C=O) groups is 2. The Morgan fingerprint density at radius 3 is 2.09 bits per heavy atom. The van der Waals surface area contributed by atoms with E-state index in [-0.39, 0.29) is 16.4 Å². The van der Waals surface area contributed by atoms with Gasteiger partial charge in [0.15, 0.2) is 5.78 Å². The summed E-state index contributed by atoms with van der Waals surface area (Å²) in [6.45, 7) is 0.980. The van der Waals surface area contributed by atoms with Gasteiger partial charge in [-0.15, -0.1) is 0 Å². The number of nitrogens with one attached hydrogen (secondary N) is 1. The number of rotatable bonds is 7. The van der Waals surface area contributed by atoms with Crippen molar-refractivity contribution in [2.24, 2.45) is 0 Å². The molecule has 1 saturated heterocycles. The van der Waals surface area contributed by atoms with Gasteiger partial charge in [0, 0.05) is 29.8 Å². The van der Waals surface area contributed by atoms with Gasteiger partial charge in [-0.2, -0.15) is 4.31 Å². The standard InChI is InChI=1S/C26H26N2O5S/c1-33-24-15-14-22(34(31,32)28-16-6-3-7-17-28)18-23(24)27-26(30)21-12-10-20(11-13-21)25(29)19-8-4-2-5-9-19/h2,4-5,8-15,18H,3,6-7,16-17H2,1H3,(H,27,30). The van der Waals surface area contributed by atoms with Crippen LogP contribution in [-0.4, -0.2) is 44.6 Å². The first kappa shape index (κ1) is 23.7. The lowest BCUT2D eigenvalue weighted by molar-refractivity contribution is 0.101. The van der Waals surface area contributed by atoms with Gasteiger partial charge in [0.2, 0.25) is 10.0 Å². The fourth-order valence-electron chi connectivity index (χ4n) is 3.92. The molecule has 1 aliphatic heterocycles. The number of ketones is 1. The summed E-state index contributed by atoms with van der Waals surface area (Å²) < 4.78 is 32.9. The van der Waals surface area contributed by atoms with Gasteiger partial charge in [0.25, 0.3) is 5.91 Å². The zero-order chi connectivity index (χ0) is 24.1. The van der Waals surface area contributed by atoms with E-state index in [2.05, 4.69) is 5.32 Å². The molecule has 4 rings (SSSR count). The highest BCUT2D eigenvalue weighted by Crippen LogP contribution is 2.30. The number of amides is 1. The Hall–Kier alpha value is -3.49. The van der Waals surface area contributed by atoms with Crippen LogP contribution in [0.1, 0.15) is 45.5 Å². The highest BCUT2D eigenvalue weighted by Gasteiger charge is 2.27. The molecule has 8 heteroatoms. The lowest BCUT2D eigenvalue weighted by Gasteiger charge is -2.26. The van der Waals surface area contributed by atoms with E-state index < -0.39 is 15.9 Å². The van der Waals surface area contributed by atoms with Crippen molar-refractivity contribution in [3.05, 3.63) is 89.5 Å². The smallest absolute Gasteiger partial charge is 0.255 e. The summed E-state index contributed by atoms with van der Waals surface area (Å²) in [4.78, 5) is 25.6. The number of carbonyl (C=O) groups excluding carboxylic acids is 2. The van der Waals surface area contributed by atoms with Crippen molar-refractivity contribution in [3.8, 4) is 5.75 Å². The topological polar surface area (TPSA) is 92.8 Å². The molecule has 1 heterocycles. The molecule has 1 fully saturated rings. The summed E-state index contributed by atoms with van der Waals surface area (Å²) in [5, 5.41) is 2.74. The van der Waals surface area contributed by atoms with Gasteiger partial charge in [0.1, 0.15) is 5.75 Å². The summed E-state index contributed by atoms with van der Waals surface area (Å²) in [5.41, 5.74) is 1.62. The first-order valence-electron chi connectivity index (χ1n) is 11.1. The molecule has 1 N–H and O–H groups in total. The van der Waals surface area contributed by atoms with Crippen LogP contribution >= 0.6 is 0 Å². The van der Waals surface area contributed by atoms with Gasteiger partial charge in [-0.1, -0.05) is 48.9 Å². The predicted molar refractivity (Wildman–Crippen MR) is 130 cm³/mol. The van der Waals surface area contributed by atoms with Gasteiger partial charge in [0.05, 0.1) is 17.7 Å². The molecular formula is C26H26N2O5S. The van der Waals surface area contributed by atoms with Gasteiger partial charge >= 0.3 is 0 Å². The summed E-state index contributed by atoms with van der Waals surface area (Å²) >= 11 is 0. The first-order chi connectivity index (χ1) is 16.4. The number of methoxy groups -OCH3 is 1. The zero-order valence-electron chi connectivity index (χ0n) is 18.9. The molecule has 0 aliphatic carbocycles. The zero-order valence-corrected chi connectivity index (χ0v) is 19.7. The summed E-state index contributed by atoms with van der Waals surface area (Å²) in [5.74, 6) is -0.226. The van der Waals surface area contributed by atoms with E-state index in [4.69, 9.17) is 4.74 Å². The minimum Gasteiger partial charge on any atom is -0.495 e. The molecule has 3 aromatic rings. The van der Waals surface area contributed by atoms with Crippen molar-refractivity contribution in [2.75, 3.05) is 25.5 Å². The maximum Gasteiger partial charge on any atom is 0.255 e. The Bertz CT molecular complexity index is 1280.